The van der Waals surface area contributed by atoms with Crippen molar-refractivity contribution in [3.63, 3.8) is 0 Å². The van der Waals surface area contributed by atoms with Gasteiger partial charge in [0, 0.05) is 19.6 Å². The summed E-state index contributed by atoms with van der Waals surface area (Å²) in [5, 5.41) is 0. The van der Waals surface area contributed by atoms with Crippen molar-refractivity contribution >= 4 is 0 Å². The lowest BCUT2D eigenvalue weighted by atomic mass is 10.0. The summed E-state index contributed by atoms with van der Waals surface area (Å²) in [6, 6.07) is 6.27. The van der Waals surface area contributed by atoms with Crippen molar-refractivity contribution in [2.24, 2.45) is 5.73 Å². The quantitative estimate of drug-likeness (QED) is 0.571. The van der Waals surface area contributed by atoms with Crippen LogP contribution in [-0.4, -0.2) is 37.4 Å². The summed E-state index contributed by atoms with van der Waals surface area (Å²) in [5.41, 5.74) is 3.15. The fourth-order valence-electron chi connectivity index (χ4n) is 3.74. The highest BCUT2D eigenvalue weighted by atomic mass is 19.4. The number of rotatable bonds is 6. The molecule has 0 aliphatic carbocycles. The monoisotopic (exact) mass is 480 g/mol. The van der Waals surface area contributed by atoms with Gasteiger partial charge in [-0.15, -0.1) is 0 Å². The van der Waals surface area contributed by atoms with Gasteiger partial charge in [0.05, 0.1) is 29.9 Å². The number of morpholine rings is 1. The summed E-state index contributed by atoms with van der Waals surface area (Å²) < 4.78 is 104. The Morgan fingerprint density at radius 1 is 1.03 bits per heavy atom. The molecule has 2 N–H and O–H groups in total. The largest absolute Gasteiger partial charge is 0.416 e. The second kappa shape index (κ2) is 9.96. The maximum atomic E-state index is 13.4. The lowest BCUT2D eigenvalue weighted by Gasteiger charge is -2.42. The number of alkyl halides is 6. The zero-order valence-corrected chi connectivity index (χ0v) is 17.6. The molecule has 1 heterocycles. The zero-order valence-electron chi connectivity index (χ0n) is 17.6. The Labute approximate surface area is 186 Å². The molecule has 33 heavy (non-hydrogen) atoms. The van der Waals surface area contributed by atoms with Crippen molar-refractivity contribution in [1.82, 2.24) is 4.90 Å². The predicted molar refractivity (Wildman–Crippen MR) is 105 cm³/mol. The van der Waals surface area contributed by atoms with Crippen LogP contribution < -0.4 is 5.73 Å². The maximum Gasteiger partial charge on any atom is 0.416 e. The van der Waals surface area contributed by atoms with Crippen LogP contribution in [0.15, 0.2) is 42.5 Å². The van der Waals surface area contributed by atoms with Gasteiger partial charge in [-0.1, -0.05) is 12.1 Å². The number of nitrogens with two attached hydrogens (primary N) is 1. The standard InChI is InChI=1S/C22H23F7N2O2/c1-13(15-10-16(21(24,25)26)12-17(11-15)22(27,28)29)33-20-19(14-2-4-18(23)5-3-14)31(7-6-30)8-9-32-20/h2-5,10-13,19-20H,6-9,30H2,1H3/t13-,19+,20-/m1/s1. The first-order valence-electron chi connectivity index (χ1n) is 10.2. The van der Waals surface area contributed by atoms with Crippen molar-refractivity contribution in [2.75, 3.05) is 26.2 Å². The van der Waals surface area contributed by atoms with Crippen LogP contribution in [0, 0.1) is 5.82 Å². The van der Waals surface area contributed by atoms with E-state index in [0.717, 1.165) is 0 Å². The van der Waals surface area contributed by atoms with Gasteiger partial charge in [-0.2, -0.15) is 26.3 Å². The van der Waals surface area contributed by atoms with Crippen molar-refractivity contribution in [3.05, 3.63) is 70.5 Å². The molecule has 1 saturated heterocycles. The molecule has 0 spiro atoms. The normalized spacial score (nSPS) is 21.2. The molecule has 0 aromatic heterocycles. The first-order chi connectivity index (χ1) is 15.4. The van der Waals surface area contributed by atoms with Gasteiger partial charge in [-0.3, -0.25) is 4.90 Å². The Balaban J connectivity index is 1.93. The van der Waals surface area contributed by atoms with Crippen molar-refractivity contribution in [1.29, 1.82) is 0 Å². The number of hydrogen-bond acceptors (Lipinski definition) is 4. The number of benzene rings is 2. The van der Waals surface area contributed by atoms with Gasteiger partial charge in [0.1, 0.15) is 5.82 Å². The van der Waals surface area contributed by atoms with Crippen LogP contribution in [0.5, 0.6) is 0 Å². The molecule has 2 aromatic carbocycles. The average molecular weight is 480 g/mol. The molecule has 2 aromatic rings. The van der Waals surface area contributed by atoms with Crippen LogP contribution >= 0.6 is 0 Å². The van der Waals surface area contributed by atoms with E-state index in [4.69, 9.17) is 15.2 Å². The Bertz CT molecular complexity index is 898. The van der Waals surface area contributed by atoms with Crippen LogP contribution in [0.3, 0.4) is 0 Å². The SMILES string of the molecule is C[C@@H](O[C@H]1OCCN(CCN)[C@H]1c1ccc(F)cc1)c1cc(C(F)(F)F)cc(C(F)(F)F)c1. The predicted octanol–water partition coefficient (Wildman–Crippen LogP) is 5.30. The van der Waals surface area contributed by atoms with E-state index in [1.54, 1.807) is 0 Å². The van der Waals surface area contributed by atoms with Crippen molar-refractivity contribution in [2.45, 2.75) is 37.7 Å². The van der Waals surface area contributed by atoms with E-state index in [0.29, 0.717) is 37.3 Å². The van der Waals surface area contributed by atoms with Crippen LogP contribution in [-0.2, 0) is 21.8 Å². The minimum atomic E-state index is -4.97. The first kappa shape index (κ1) is 25.4. The van der Waals surface area contributed by atoms with E-state index in [1.807, 2.05) is 4.90 Å². The fourth-order valence-corrected chi connectivity index (χ4v) is 3.74. The summed E-state index contributed by atoms with van der Waals surface area (Å²) in [6.45, 7) is 2.76. The Kier molecular flexibility index (Phi) is 7.67. The highest BCUT2D eigenvalue weighted by Crippen LogP contribution is 2.39. The molecule has 4 nitrogen and oxygen atoms in total. The first-order valence-corrected chi connectivity index (χ1v) is 10.2. The van der Waals surface area contributed by atoms with Gasteiger partial charge in [0.2, 0.25) is 0 Å². The molecule has 182 valence electrons. The summed E-state index contributed by atoms with van der Waals surface area (Å²) in [6.07, 6.45) is -12.1. The molecule has 1 fully saturated rings. The highest BCUT2D eigenvalue weighted by Gasteiger charge is 2.39. The Morgan fingerprint density at radius 2 is 1.61 bits per heavy atom. The summed E-state index contributed by atoms with van der Waals surface area (Å²) >= 11 is 0. The third-order valence-electron chi connectivity index (χ3n) is 5.36. The van der Waals surface area contributed by atoms with Gasteiger partial charge in [-0.25, -0.2) is 4.39 Å². The topological polar surface area (TPSA) is 47.7 Å². The number of halogens is 7. The smallest absolute Gasteiger partial charge is 0.349 e. The molecule has 1 aliphatic rings. The molecule has 0 bridgehead atoms. The maximum absolute atomic E-state index is 13.4. The third-order valence-corrected chi connectivity index (χ3v) is 5.36. The molecule has 0 unspecified atom stereocenters. The number of hydrogen-bond donors (Lipinski definition) is 1. The van der Waals surface area contributed by atoms with Gasteiger partial charge >= 0.3 is 12.4 Å². The fraction of sp³-hybridized carbons (Fsp3) is 0.455. The number of ether oxygens (including phenoxy) is 2. The Morgan fingerprint density at radius 3 is 2.12 bits per heavy atom. The van der Waals surface area contributed by atoms with Gasteiger partial charge in [-0.05, 0) is 48.4 Å². The zero-order chi connectivity index (χ0) is 24.4. The summed E-state index contributed by atoms with van der Waals surface area (Å²) in [7, 11) is 0. The molecular weight excluding hydrogens is 457 g/mol. The second-order valence-electron chi connectivity index (χ2n) is 7.68. The summed E-state index contributed by atoms with van der Waals surface area (Å²) in [4.78, 5) is 1.92. The summed E-state index contributed by atoms with van der Waals surface area (Å²) in [5.74, 6) is -0.463. The molecule has 3 atom stereocenters. The highest BCUT2D eigenvalue weighted by molar-refractivity contribution is 5.34. The van der Waals surface area contributed by atoms with E-state index >= 15 is 0 Å². The molecule has 3 rings (SSSR count). The van der Waals surface area contributed by atoms with E-state index in [9.17, 15) is 30.7 Å². The average Bonchev–Trinajstić information content (AvgIpc) is 2.73. The van der Waals surface area contributed by atoms with Gasteiger partial charge in [0.25, 0.3) is 0 Å². The van der Waals surface area contributed by atoms with Gasteiger partial charge < -0.3 is 15.2 Å². The van der Waals surface area contributed by atoms with E-state index in [2.05, 4.69) is 0 Å². The van der Waals surface area contributed by atoms with Crippen LogP contribution in [0.1, 0.15) is 41.3 Å². The third kappa shape index (κ3) is 6.23. The van der Waals surface area contributed by atoms with E-state index in [1.165, 1.54) is 31.2 Å². The van der Waals surface area contributed by atoms with Crippen LogP contribution in [0.2, 0.25) is 0 Å². The molecule has 0 radical (unpaired) electrons. The molecular formula is C22H23F7N2O2. The second-order valence-corrected chi connectivity index (χ2v) is 7.68. The minimum absolute atomic E-state index is 0.0671. The number of nitrogens with zero attached hydrogens (tertiary/aromatic N) is 1. The molecule has 0 amide bonds. The molecule has 11 heteroatoms. The molecule has 1 aliphatic heterocycles. The van der Waals surface area contributed by atoms with E-state index in [-0.39, 0.29) is 18.2 Å². The minimum Gasteiger partial charge on any atom is -0.349 e. The molecule has 0 saturated carbocycles. The van der Waals surface area contributed by atoms with Crippen LogP contribution in [0.25, 0.3) is 0 Å². The lowest BCUT2D eigenvalue weighted by molar-refractivity contribution is -0.229. The van der Waals surface area contributed by atoms with E-state index < -0.39 is 47.7 Å². The van der Waals surface area contributed by atoms with Gasteiger partial charge in [0.15, 0.2) is 6.29 Å². The van der Waals surface area contributed by atoms with Crippen molar-refractivity contribution < 1.29 is 40.2 Å². The van der Waals surface area contributed by atoms with Crippen molar-refractivity contribution in [3.8, 4) is 0 Å². The lowest BCUT2D eigenvalue weighted by Crippen LogP contribution is -2.48. The van der Waals surface area contributed by atoms with Crippen LogP contribution in [0.4, 0.5) is 30.7 Å². The Hall–Kier alpha value is -2.21.